The van der Waals surface area contributed by atoms with E-state index in [4.69, 9.17) is 4.74 Å². The van der Waals surface area contributed by atoms with Gasteiger partial charge in [-0.3, -0.25) is 4.79 Å². The third-order valence-electron chi connectivity index (χ3n) is 4.08. The topological polar surface area (TPSA) is 43.3 Å². The van der Waals surface area contributed by atoms with Gasteiger partial charge in [0.15, 0.2) is 5.78 Å². The first-order valence-electron chi connectivity index (χ1n) is 7.85. The molecule has 1 saturated heterocycles. The average molecular weight is 292 g/mol. The SMILES string of the molecule is Cc1cc(C(=O)CNCC2CCCO2)c(C)n1C(C)(C)C. The molecule has 1 aromatic rings. The van der Waals surface area contributed by atoms with Crippen LogP contribution in [0.2, 0.25) is 0 Å². The summed E-state index contributed by atoms with van der Waals surface area (Å²) in [5.74, 6) is 0.164. The molecule has 0 radical (unpaired) electrons. The Balaban J connectivity index is 1.99. The van der Waals surface area contributed by atoms with Crippen LogP contribution in [0.15, 0.2) is 6.07 Å². The molecule has 0 amide bonds. The molecule has 1 unspecified atom stereocenters. The fourth-order valence-electron chi connectivity index (χ4n) is 3.32. The second-order valence-electron chi connectivity index (χ2n) is 6.98. The van der Waals surface area contributed by atoms with Crippen LogP contribution >= 0.6 is 0 Å². The van der Waals surface area contributed by atoms with Crippen LogP contribution in [0, 0.1) is 13.8 Å². The van der Waals surface area contributed by atoms with E-state index in [1.54, 1.807) is 0 Å². The Hall–Kier alpha value is -1.13. The lowest BCUT2D eigenvalue weighted by molar-refractivity contribution is 0.0955. The van der Waals surface area contributed by atoms with Crippen molar-refractivity contribution < 1.29 is 9.53 Å². The predicted molar refractivity (Wildman–Crippen MR) is 85.1 cm³/mol. The molecule has 1 aliphatic heterocycles. The van der Waals surface area contributed by atoms with Crippen molar-refractivity contribution >= 4 is 5.78 Å². The zero-order valence-corrected chi connectivity index (χ0v) is 14.0. The number of aryl methyl sites for hydroxylation is 1. The molecule has 0 saturated carbocycles. The smallest absolute Gasteiger partial charge is 0.178 e. The first kappa shape index (κ1) is 16.2. The molecule has 1 N–H and O–H groups in total. The van der Waals surface area contributed by atoms with E-state index in [2.05, 4.69) is 37.6 Å². The van der Waals surface area contributed by atoms with Crippen molar-refractivity contribution in [1.82, 2.24) is 9.88 Å². The fraction of sp³-hybridized carbons (Fsp3) is 0.706. The Kier molecular flexibility index (Phi) is 4.89. The number of nitrogens with one attached hydrogen (secondary N) is 1. The minimum atomic E-state index is -0.00217. The molecule has 118 valence electrons. The van der Waals surface area contributed by atoms with Gasteiger partial charge >= 0.3 is 0 Å². The predicted octanol–water partition coefficient (Wildman–Crippen LogP) is 2.81. The van der Waals surface area contributed by atoms with E-state index < -0.39 is 0 Å². The number of rotatable bonds is 5. The summed E-state index contributed by atoms with van der Waals surface area (Å²) >= 11 is 0. The summed E-state index contributed by atoms with van der Waals surface area (Å²) in [4.78, 5) is 12.4. The fourth-order valence-corrected chi connectivity index (χ4v) is 3.32. The lowest BCUT2D eigenvalue weighted by Gasteiger charge is -2.25. The van der Waals surface area contributed by atoms with E-state index in [1.807, 2.05) is 13.0 Å². The molecule has 2 rings (SSSR count). The van der Waals surface area contributed by atoms with Crippen molar-refractivity contribution in [3.8, 4) is 0 Å². The highest BCUT2D eigenvalue weighted by molar-refractivity contribution is 5.99. The van der Waals surface area contributed by atoms with E-state index in [0.29, 0.717) is 6.54 Å². The Morgan fingerprint density at radius 1 is 1.43 bits per heavy atom. The van der Waals surface area contributed by atoms with Gasteiger partial charge in [-0.05, 0) is 53.5 Å². The Morgan fingerprint density at radius 2 is 2.14 bits per heavy atom. The van der Waals surface area contributed by atoms with E-state index in [1.165, 1.54) is 0 Å². The quantitative estimate of drug-likeness (QED) is 0.849. The maximum Gasteiger partial charge on any atom is 0.178 e. The van der Waals surface area contributed by atoms with Crippen molar-refractivity contribution in [3.63, 3.8) is 0 Å². The molecular formula is C17H28N2O2. The van der Waals surface area contributed by atoms with Gasteiger partial charge in [-0.15, -0.1) is 0 Å². The van der Waals surface area contributed by atoms with Crippen molar-refractivity contribution in [3.05, 3.63) is 23.0 Å². The second kappa shape index (κ2) is 6.32. The summed E-state index contributed by atoms with van der Waals surface area (Å²) in [5.41, 5.74) is 3.03. The third-order valence-corrected chi connectivity index (χ3v) is 4.08. The summed E-state index contributed by atoms with van der Waals surface area (Å²) < 4.78 is 7.79. The van der Waals surface area contributed by atoms with Gasteiger partial charge in [0, 0.05) is 35.6 Å². The average Bonchev–Trinajstić information content (AvgIpc) is 2.96. The molecule has 0 aromatic carbocycles. The van der Waals surface area contributed by atoms with Crippen LogP contribution in [0.25, 0.3) is 0 Å². The van der Waals surface area contributed by atoms with E-state index in [-0.39, 0.29) is 17.4 Å². The van der Waals surface area contributed by atoms with Crippen LogP contribution < -0.4 is 5.32 Å². The van der Waals surface area contributed by atoms with Gasteiger partial charge in [0.25, 0.3) is 0 Å². The normalized spacial score (nSPS) is 19.2. The minimum absolute atomic E-state index is 0.00217. The number of nitrogens with zero attached hydrogens (tertiary/aromatic N) is 1. The van der Waals surface area contributed by atoms with Crippen molar-refractivity contribution in [1.29, 1.82) is 0 Å². The maximum atomic E-state index is 12.4. The Labute approximate surface area is 127 Å². The number of ketones is 1. The van der Waals surface area contributed by atoms with Gasteiger partial charge in [0.05, 0.1) is 12.6 Å². The highest BCUT2D eigenvalue weighted by Gasteiger charge is 2.22. The summed E-state index contributed by atoms with van der Waals surface area (Å²) in [6.45, 7) is 12.6. The molecule has 0 spiro atoms. The molecule has 1 aromatic heterocycles. The molecule has 0 bridgehead atoms. The molecule has 1 atom stereocenters. The molecule has 2 heterocycles. The number of carbonyl (C=O) groups excluding carboxylic acids is 1. The van der Waals surface area contributed by atoms with Crippen molar-refractivity contribution in [2.45, 2.75) is 59.1 Å². The molecule has 21 heavy (non-hydrogen) atoms. The number of ether oxygens (including phenoxy) is 1. The molecule has 4 nitrogen and oxygen atoms in total. The van der Waals surface area contributed by atoms with Gasteiger partial charge in [-0.25, -0.2) is 0 Å². The third kappa shape index (κ3) is 3.74. The zero-order chi connectivity index (χ0) is 15.6. The number of aromatic nitrogens is 1. The van der Waals surface area contributed by atoms with Crippen LogP contribution in [0.3, 0.4) is 0 Å². The summed E-state index contributed by atoms with van der Waals surface area (Å²) in [5, 5.41) is 3.24. The van der Waals surface area contributed by atoms with E-state index in [9.17, 15) is 4.79 Å². The lowest BCUT2D eigenvalue weighted by Crippen LogP contribution is -2.31. The Morgan fingerprint density at radius 3 is 2.67 bits per heavy atom. The first-order chi connectivity index (χ1) is 9.80. The van der Waals surface area contributed by atoms with Crippen LogP contribution in [-0.2, 0) is 10.3 Å². The van der Waals surface area contributed by atoms with Gasteiger partial charge in [-0.2, -0.15) is 0 Å². The molecule has 1 fully saturated rings. The number of hydrogen-bond acceptors (Lipinski definition) is 3. The number of Topliss-reactive ketones (excluding diaryl/α,β-unsaturated/α-hetero) is 1. The zero-order valence-electron chi connectivity index (χ0n) is 14.0. The largest absolute Gasteiger partial charge is 0.377 e. The number of hydrogen-bond donors (Lipinski definition) is 1. The van der Waals surface area contributed by atoms with Gasteiger partial charge < -0.3 is 14.6 Å². The molecule has 0 aliphatic carbocycles. The molecular weight excluding hydrogens is 264 g/mol. The second-order valence-corrected chi connectivity index (χ2v) is 6.98. The van der Waals surface area contributed by atoms with Crippen LogP contribution in [0.5, 0.6) is 0 Å². The van der Waals surface area contributed by atoms with Gasteiger partial charge in [-0.1, -0.05) is 0 Å². The lowest BCUT2D eigenvalue weighted by atomic mass is 10.1. The van der Waals surface area contributed by atoms with Gasteiger partial charge in [0.1, 0.15) is 0 Å². The summed E-state index contributed by atoms with van der Waals surface area (Å²) in [6, 6.07) is 2.01. The van der Waals surface area contributed by atoms with Crippen molar-refractivity contribution in [2.75, 3.05) is 19.7 Å². The van der Waals surface area contributed by atoms with Crippen LogP contribution in [0.1, 0.15) is 55.4 Å². The Bertz CT molecular complexity index is 506. The first-order valence-corrected chi connectivity index (χ1v) is 7.85. The number of carbonyl (C=O) groups is 1. The summed E-state index contributed by atoms with van der Waals surface area (Å²) in [6.07, 6.45) is 2.51. The van der Waals surface area contributed by atoms with Crippen LogP contribution in [0.4, 0.5) is 0 Å². The minimum Gasteiger partial charge on any atom is -0.377 e. The maximum absolute atomic E-state index is 12.4. The molecule has 1 aliphatic rings. The van der Waals surface area contributed by atoms with Gasteiger partial charge in [0.2, 0.25) is 0 Å². The molecule has 4 heteroatoms. The van der Waals surface area contributed by atoms with E-state index >= 15 is 0 Å². The van der Waals surface area contributed by atoms with E-state index in [0.717, 1.165) is 42.9 Å². The highest BCUT2D eigenvalue weighted by atomic mass is 16.5. The van der Waals surface area contributed by atoms with Crippen molar-refractivity contribution in [2.24, 2.45) is 0 Å². The monoisotopic (exact) mass is 292 g/mol. The van der Waals surface area contributed by atoms with Crippen LogP contribution in [-0.4, -0.2) is 36.2 Å². The summed E-state index contributed by atoms with van der Waals surface area (Å²) in [7, 11) is 0. The standard InChI is InChI=1S/C17H28N2O2/c1-12-9-15(13(2)19(12)17(3,4)5)16(20)11-18-10-14-7-6-8-21-14/h9,14,18H,6-8,10-11H2,1-5H3. The highest BCUT2D eigenvalue weighted by Crippen LogP contribution is 2.24.